The molecule has 0 aromatic rings. The van der Waals surface area contributed by atoms with Gasteiger partial charge in [-0.1, -0.05) is 0 Å². The third-order valence-corrected chi connectivity index (χ3v) is 0. The Morgan fingerprint density at radius 3 is 0.600 bits per heavy atom. The van der Waals surface area contributed by atoms with Crippen LogP contribution in [0.1, 0.15) is 0 Å². The maximum absolute atomic E-state index is 8.67. The van der Waals surface area contributed by atoms with Crippen LogP contribution in [0.5, 0.6) is 0 Å². The Morgan fingerprint density at radius 2 is 0.600 bits per heavy atom. The number of rotatable bonds is 0. The van der Waals surface area contributed by atoms with Crippen LogP contribution < -0.4 is 121 Å². The smallest absolute Gasteiger partial charge is 0.530 e. The van der Waals surface area contributed by atoms with Crippen LogP contribution in [0.25, 0.3) is 0 Å². The number of carbonyl (C=O) groups excluding carboxylic acids is 3. The molecule has 72 valence electrons. The van der Waals surface area contributed by atoms with Crippen molar-refractivity contribution in [1.29, 1.82) is 0 Å². The summed E-state index contributed by atoms with van der Waals surface area (Å²) >= 11 is 0. The van der Waals surface area contributed by atoms with E-state index >= 15 is 0 Å². The summed E-state index contributed by atoms with van der Waals surface area (Å²) in [7, 11) is 0. The Balaban J connectivity index is -0.0000000184. The van der Waals surface area contributed by atoms with Gasteiger partial charge < -0.3 is 46.9 Å². The Kier molecular flexibility index (Phi) is 70.5. The van der Waals surface area contributed by atoms with Crippen LogP contribution in [0.4, 0.5) is 14.4 Å². The van der Waals surface area contributed by atoms with Crippen LogP contribution >= 0.6 is 0 Å². The van der Waals surface area contributed by atoms with Gasteiger partial charge in [0, 0.05) is 0 Å². The first-order valence-electron chi connectivity index (χ1n) is 2.09. The number of nitrogens with two attached hydrogens (primary N) is 3. The van der Waals surface area contributed by atoms with Crippen LogP contribution in [0, 0.1) is 0 Å². The predicted octanol–water partition coefficient (Wildman–Crippen LogP) is -14.1. The molecule has 0 aliphatic heterocycles. The zero-order valence-corrected chi connectivity index (χ0v) is 14.7. The molecule has 0 aliphatic carbocycles. The van der Waals surface area contributed by atoms with Crippen molar-refractivity contribution in [3.8, 4) is 0 Å². The van der Waals surface area contributed by atoms with Gasteiger partial charge in [-0.15, -0.1) is 0 Å². The van der Waals surface area contributed by atoms with Gasteiger partial charge in [-0.2, -0.15) is 0 Å². The molecule has 9 nitrogen and oxygen atoms in total. The molecule has 0 saturated heterocycles. The Morgan fingerprint density at radius 1 is 0.600 bits per heavy atom. The minimum Gasteiger partial charge on any atom is -0.530 e. The van der Waals surface area contributed by atoms with Crippen LogP contribution in [0.3, 0.4) is 0 Å². The second-order valence-electron chi connectivity index (χ2n) is 0.957. The molecule has 0 bridgehead atoms. The third-order valence-electron chi connectivity index (χ3n) is 0. The summed E-state index contributed by atoms with van der Waals surface area (Å²) in [4.78, 5) is 26.0. The number of hydrogen-bond donors (Lipinski definition) is 3. The van der Waals surface area contributed by atoms with Gasteiger partial charge in [0.1, 0.15) is 18.3 Å². The Labute approximate surface area is 152 Å². The summed E-state index contributed by atoms with van der Waals surface area (Å²) in [6, 6.07) is 0. The molecule has 0 unspecified atom stereocenters. The molecule has 0 rings (SSSR count). The Hall–Kier alpha value is 0.810. The molecule has 3 amide bonds. The van der Waals surface area contributed by atoms with E-state index in [0.717, 1.165) is 0 Å². The monoisotopic (exact) mass is 249 g/mol. The fraction of sp³-hybridized carbons (Fsp3) is 0. The third kappa shape index (κ3) is 3700. The molecule has 0 aliphatic rings. The molecule has 0 spiro atoms. The molecular weight excluding hydrogens is 243 g/mol. The van der Waals surface area contributed by atoms with E-state index in [1.807, 2.05) is 0 Å². The summed E-state index contributed by atoms with van der Waals surface area (Å²) in [6.45, 7) is 0. The van der Waals surface area contributed by atoms with Crippen LogP contribution in [-0.2, 0) is 0 Å². The Bertz CT molecular complexity index is 126. The first-order chi connectivity index (χ1) is 5.20. The molecule has 0 atom stereocenters. The van der Waals surface area contributed by atoms with E-state index in [9.17, 15) is 0 Å². The molecule has 0 aromatic heterocycles. The first kappa shape index (κ1) is 36.0. The quantitative estimate of drug-likeness (QED) is 0.355. The van der Waals surface area contributed by atoms with Gasteiger partial charge >= 0.3 is 88.7 Å². The van der Waals surface area contributed by atoms with E-state index in [-0.39, 0.29) is 88.7 Å². The number of hydrogen-bond acceptors (Lipinski definition) is 6. The van der Waals surface area contributed by atoms with Crippen LogP contribution in [0.2, 0.25) is 0 Å². The molecule has 0 saturated carbocycles. The SMILES string of the molecule is NC(=O)[O-].NC(=O)[O-].NC(=O)[O-].[Na+].[Na+].[Na+]. The molecule has 0 fully saturated rings. The zero-order chi connectivity index (χ0) is 10.7. The van der Waals surface area contributed by atoms with E-state index in [1.165, 1.54) is 0 Å². The average Bonchev–Trinajstić information content (AvgIpc) is 1.54. The summed E-state index contributed by atoms with van der Waals surface area (Å²) in [5.74, 6) is 0. The minimum absolute atomic E-state index is 0. The molecule has 0 heterocycles. The maximum Gasteiger partial charge on any atom is 1.00 e. The van der Waals surface area contributed by atoms with E-state index in [1.54, 1.807) is 0 Å². The van der Waals surface area contributed by atoms with Crippen molar-refractivity contribution >= 4 is 18.3 Å². The van der Waals surface area contributed by atoms with Gasteiger partial charge in [0.15, 0.2) is 0 Å². The topological polar surface area (TPSA) is 198 Å². The fourth-order valence-corrected chi connectivity index (χ4v) is 0. The second-order valence-corrected chi connectivity index (χ2v) is 0.957. The largest absolute Gasteiger partial charge is 1.00 e. The summed E-state index contributed by atoms with van der Waals surface area (Å²) < 4.78 is 0. The number of amides is 3. The standard InChI is InChI=1S/3CH3NO2.3Na/c3*2-1(3)4;;;/h3*2H2,(H,3,4);;;/q;;;3*+1/p-3. The van der Waals surface area contributed by atoms with Crippen molar-refractivity contribution in [2.75, 3.05) is 0 Å². The number of carbonyl (C=O) groups is 3. The van der Waals surface area contributed by atoms with E-state index in [4.69, 9.17) is 29.7 Å². The van der Waals surface area contributed by atoms with Crippen molar-refractivity contribution < 1.29 is 118 Å². The van der Waals surface area contributed by atoms with Gasteiger partial charge in [0.05, 0.1) is 0 Å². The van der Waals surface area contributed by atoms with Gasteiger partial charge in [0.25, 0.3) is 0 Å². The average molecular weight is 249 g/mol. The van der Waals surface area contributed by atoms with Gasteiger partial charge in [-0.05, 0) is 0 Å². The summed E-state index contributed by atoms with van der Waals surface area (Å²) in [5.41, 5.74) is 11.8. The molecule has 0 radical (unpaired) electrons. The van der Waals surface area contributed by atoms with Crippen molar-refractivity contribution in [3.05, 3.63) is 0 Å². The van der Waals surface area contributed by atoms with E-state index < -0.39 is 18.3 Å². The van der Waals surface area contributed by atoms with E-state index in [2.05, 4.69) is 17.2 Å². The van der Waals surface area contributed by atoms with Crippen LogP contribution in [0.15, 0.2) is 0 Å². The predicted molar refractivity (Wildman–Crippen MR) is 28.8 cm³/mol. The van der Waals surface area contributed by atoms with Gasteiger partial charge in [-0.25, -0.2) is 0 Å². The van der Waals surface area contributed by atoms with Crippen molar-refractivity contribution in [1.82, 2.24) is 0 Å². The maximum atomic E-state index is 8.67. The fourth-order valence-electron chi connectivity index (χ4n) is 0. The molecule has 15 heavy (non-hydrogen) atoms. The van der Waals surface area contributed by atoms with Gasteiger partial charge in [0.2, 0.25) is 0 Å². The van der Waals surface area contributed by atoms with Crippen molar-refractivity contribution in [3.63, 3.8) is 0 Å². The number of primary amides is 3. The van der Waals surface area contributed by atoms with Crippen molar-refractivity contribution in [2.45, 2.75) is 0 Å². The minimum atomic E-state index is -1.58. The summed E-state index contributed by atoms with van der Waals surface area (Å²) in [6.07, 6.45) is -4.75. The van der Waals surface area contributed by atoms with Crippen LogP contribution in [-0.4, -0.2) is 18.3 Å². The van der Waals surface area contributed by atoms with Crippen molar-refractivity contribution in [2.24, 2.45) is 17.2 Å². The van der Waals surface area contributed by atoms with Gasteiger partial charge in [-0.3, -0.25) is 0 Å². The molecule has 12 heteroatoms. The molecule has 0 aromatic carbocycles. The number of carboxylic acid groups (broad SMARTS) is 3. The first-order valence-corrected chi connectivity index (χ1v) is 2.09. The second kappa shape index (κ2) is 29.3. The summed E-state index contributed by atoms with van der Waals surface area (Å²) in [5, 5.41) is 26.0. The normalized spacial score (nSPS) is 4.80. The molecule has 6 N–H and O–H groups in total. The van der Waals surface area contributed by atoms with E-state index in [0.29, 0.717) is 0 Å². The zero-order valence-electron chi connectivity index (χ0n) is 8.68. The molecular formula is C3H6N3Na3O6.